The van der Waals surface area contributed by atoms with E-state index in [1.54, 1.807) is 0 Å². The fraction of sp³-hybridized carbons (Fsp3) is 0.978. The summed E-state index contributed by atoms with van der Waals surface area (Å²) in [5.74, 6) is 1.69. The third-order valence-corrected chi connectivity index (χ3v) is 10.8. The Bertz CT molecular complexity index is 659. The van der Waals surface area contributed by atoms with Crippen molar-refractivity contribution in [1.82, 2.24) is 4.90 Å². The summed E-state index contributed by atoms with van der Waals surface area (Å²) in [7, 11) is 0. The van der Waals surface area contributed by atoms with Gasteiger partial charge in [0.2, 0.25) is 0 Å². The predicted molar refractivity (Wildman–Crippen MR) is 221 cm³/mol. The van der Waals surface area contributed by atoms with Crippen LogP contribution in [0, 0.1) is 11.8 Å². The molecule has 0 rings (SSSR count). The number of ether oxygens (including phenoxy) is 1. The highest BCUT2D eigenvalue weighted by Gasteiger charge is 2.11. The zero-order chi connectivity index (χ0) is 37.3. The third kappa shape index (κ3) is 37.4. The van der Waals surface area contributed by atoms with Crippen LogP contribution in [-0.2, 0) is 19.3 Å². The molecular formula is C45H92N2O4. The lowest BCUT2D eigenvalue weighted by Gasteiger charge is -2.21. The minimum atomic E-state index is 0.00313. The monoisotopic (exact) mass is 725 g/mol. The second-order valence-electron chi connectivity index (χ2n) is 15.8. The van der Waals surface area contributed by atoms with Gasteiger partial charge in [-0.05, 0) is 76.3 Å². The summed E-state index contributed by atoms with van der Waals surface area (Å²) in [6.07, 6.45) is 38.6. The molecule has 0 aromatic rings. The summed E-state index contributed by atoms with van der Waals surface area (Å²) in [6.45, 7) is 15.2. The van der Waals surface area contributed by atoms with Crippen LogP contribution >= 0.6 is 0 Å². The van der Waals surface area contributed by atoms with Gasteiger partial charge in [0.15, 0.2) is 0 Å². The topological polar surface area (TPSA) is 74.0 Å². The maximum Gasteiger partial charge on any atom is 0.305 e. The fourth-order valence-electron chi connectivity index (χ4n) is 7.46. The SMILES string of the molecule is CCCCCC(CCCCC)CCCOOCCCCCCCN(CCN)CCCCCCCC(=O)OCCCC(CCCCC)CCCCC. The minimum absolute atomic E-state index is 0.00313. The molecule has 0 aliphatic rings. The number of nitrogens with zero attached hydrogens (tertiary/aromatic N) is 1. The van der Waals surface area contributed by atoms with Gasteiger partial charge in [-0.25, -0.2) is 9.78 Å². The van der Waals surface area contributed by atoms with Crippen molar-refractivity contribution in [3.8, 4) is 0 Å². The molecule has 0 spiro atoms. The number of esters is 1. The van der Waals surface area contributed by atoms with Gasteiger partial charge in [-0.3, -0.25) is 4.79 Å². The molecule has 6 nitrogen and oxygen atoms in total. The average Bonchev–Trinajstić information content (AvgIpc) is 3.13. The molecule has 0 amide bonds. The molecule has 0 aromatic heterocycles. The van der Waals surface area contributed by atoms with E-state index in [0.29, 0.717) is 13.0 Å². The zero-order valence-electron chi connectivity index (χ0n) is 35.2. The van der Waals surface area contributed by atoms with Crippen molar-refractivity contribution >= 4 is 5.97 Å². The summed E-state index contributed by atoms with van der Waals surface area (Å²) in [6, 6.07) is 0. The molecule has 51 heavy (non-hydrogen) atoms. The Morgan fingerprint density at radius 3 is 1.31 bits per heavy atom. The van der Waals surface area contributed by atoms with Gasteiger partial charge >= 0.3 is 5.97 Å². The summed E-state index contributed by atoms with van der Waals surface area (Å²) in [5.41, 5.74) is 5.92. The van der Waals surface area contributed by atoms with Crippen LogP contribution in [0.25, 0.3) is 0 Å². The van der Waals surface area contributed by atoms with Gasteiger partial charge in [0.05, 0.1) is 19.8 Å². The molecule has 2 N–H and O–H groups in total. The molecule has 0 unspecified atom stereocenters. The maximum absolute atomic E-state index is 12.2. The molecule has 0 atom stereocenters. The molecule has 0 saturated carbocycles. The Kier molecular flexibility index (Phi) is 41.5. The molecular weight excluding hydrogens is 633 g/mol. The Balaban J connectivity index is 3.75. The number of carbonyl (C=O) groups is 1. The highest BCUT2D eigenvalue weighted by atomic mass is 17.2. The Morgan fingerprint density at radius 2 is 0.843 bits per heavy atom. The summed E-state index contributed by atoms with van der Waals surface area (Å²) >= 11 is 0. The molecule has 0 heterocycles. The van der Waals surface area contributed by atoms with E-state index >= 15 is 0 Å². The molecule has 0 aromatic carbocycles. The van der Waals surface area contributed by atoms with Gasteiger partial charge in [-0.1, -0.05) is 169 Å². The van der Waals surface area contributed by atoms with Gasteiger partial charge in [0, 0.05) is 19.5 Å². The van der Waals surface area contributed by atoms with E-state index < -0.39 is 0 Å². The van der Waals surface area contributed by atoms with E-state index in [2.05, 4.69) is 32.6 Å². The second kappa shape index (κ2) is 42.1. The van der Waals surface area contributed by atoms with Crippen molar-refractivity contribution in [2.45, 2.75) is 227 Å². The van der Waals surface area contributed by atoms with Crippen LogP contribution in [0.4, 0.5) is 0 Å². The number of hydrogen-bond acceptors (Lipinski definition) is 6. The quantitative estimate of drug-likeness (QED) is 0.0292. The van der Waals surface area contributed by atoms with Crippen LogP contribution in [0.15, 0.2) is 0 Å². The number of nitrogens with two attached hydrogens (primary N) is 1. The number of carbonyl (C=O) groups excluding carboxylic acids is 1. The van der Waals surface area contributed by atoms with E-state index in [9.17, 15) is 4.79 Å². The van der Waals surface area contributed by atoms with Crippen LogP contribution in [0.2, 0.25) is 0 Å². The van der Waals surface area contributed by atoms with Gasteiger partial charge in [0.25, 0.3) is 0 Å². The summed E-state index contributed by atoms with van der Waals surface area (Å²) in [4.78, 5) is 25.8. The predicted octanol–water partition coefficient (Wildman–Crippen LogP) is 13.1. The highest BCUT2D eigenvalue weighted by Crippen LogP contribution is 2.23. The van der Waals surface area contributed by atoms with E-state index in [4.69, 9.17) is 20.2 Å². The van der Waals surface area contributed by atoms with E-state index in [1.165, 1.54) is 161 Å². The van der Waals surface area contributed by atoms with E-state index in [1.807, 2.05) is 0 Å². The largest absolute Gasteiger partial charge is 0.466 e. The Hall–Kier alpha value is -0.690. The molecule has 306 valence electrons. The van der Waals surface area contributed by atoms with Crippen molar-refractivity contribution in [2.24, 2.45) is 17.6 Å². The van der Waals surface area contributed by atoms with E-state index in [-0.39, 0.29) is 5.97 Å². The third-order valence-electron chi connectivity index (χ3n) is 10.8. The van der Waals surface area contributed by atoms with Crippen molar-refractivity contribution in [3.63, 3.8) is 0 Å². The first-order chi connectivity index (χ1) is 25.1. The molecule has 6 heteroatoms. The lowest BCUT2D eigenvalue weighted by Crippen LogP contribution is -2.31. The standard InChI is InChI=1S/C45H92N2O4/c1-5-9-19-29-43(30-20-10-6-2)33-27-40-49-45(48)35-23-15-13-16-24-37-47(39-36-46)38-25-17-14-18-26-41-50-51-42-28-34-44(31-21-11-7-3)32-22-12-8-4/h43-44H,5-42,46H2,1-4H3. The van der Waals surface area contributed by atoms with Crippen LogP contribution < -0.4 is 5.73 Å². The summed E-state index contributed by atoms with van der Waals surface area (Å²) in [5, 5.41) is 0. The van der Waals surface area contributed by atoms with Gasteiger partial charge in [0.1, 0.15) is 0 Å². The van der Waals surface area contributed by atoms with Crippen LogP contribution in [-0.4, -0.2) is 56.9 Å². The van der Waals surface area contributed by atoms with Crippen molar-refractivity contribution in [3.05, 3.63) is 0 Å². The first-order valence-corrected chi connectivity index (χ1v) is 22.9. The maximum atomic E-state index is 12.2. The van der Waals surface area contributed by atoms with Crippen molar-refractivity contribution < 1.29 is 19.3 Å². The minimum Gasteiger partial charge on any atom is -0.466 e. The van der Waals surface area contributed by atoms with Gasteiger partial charge in [-0.15, -0.1) is 0 Å². The van der Waals surface area contributed by atoms with Crippen molar-refractivity contribution in [2.75, 3.05) is 46.0 Å². The van der Waals surface area contributed by atoms with Crippen LogP contribution in [0.5, 0.6) is 0 Å². The number of unbranched alkanes of at least 4 members (excludes halogenated alkanes) is 16. The van der Waals surface area contributed by atoms with Gasteiger partial charge in [-0.2, -0.15) is 0 Å². The first kappa shape index (κ1) is 50.3. The normalized spacial score (nSPS) is 11.8. The van der Waals surface area contributed by atoms with Crippen LogP contribution in [0.1, 0.15) is 227 Å². The second-order valence-corrected chi connectivity index (χ2v) is 15.8. The lowest BCUT2D eigenvalue weighted by atomic mass is 9.91. The molecule has 0 radical (unpaired) electrons. The van der Waals surface area contributed by atoms with Crippen molar-refractivity contribution in [1.29, 1.82) is 0 Å². The fourth-order valence-corrected chi connectivity index (χ4v) is 7.46. The number of rotatable bonds is 43. The molecule has 0 aliphatic carbocycles. The lowest BCUT2D eigenvalue weighted by molar-refractivity contribution is -0.295. The molecule has 0 aliphatic heterocycles. The Morgan fingerprint density at radius 1 is 0.451 bits per heavy atom. The Labute approximate surface area is 319 Å². The van der Waals surface area contributed by atoms with Gasteiger partial charge < -0.3 is 15.4 Å². The molecule has 0 saturated heterocycles. The smallest absolute Gasteiger partial charge is 0.305 e. The summed E-state index contributed by atoms with van der Waals surface area (Å²) < 4.78 is 5.58. The van der Waals surface area contributed by atoms with E-state index in [0.717, 1.165) is 83.3 Å². The molecule has 0 bridgehead atoms. The highest BCUT2D eigenvalue weighted by molar-refractivity contribution is 5.69. The number of hydrogen-bond donors (Lipinski definition) is 1. The first-order valence-electron chi connectivity index (χ1n) is 22.9. The van der Waals surface area contributed by atoms with Crippen LogP contribution in [0.3, 0.4) is 0 Å². The average molecular weight is 725 g/mol. The molecule has 0 fully saturated rings. The zero-order valence-corrected chi connectivity index (χ0v) is 35.2.